The molecule has 1 heterocycles. The number of carbonyl (C=O) groups excluding carboxylic acids is 1. The van der Waals surface area contributed by atoms with Crippen molar-refractivity contribution in [1.82, 2.24) is 4.57 Å². The van der Waals surface area contributed by atoms with Crippen molar-refractivity contribution in [2.75, 3.05) is 0 Å². The molecular formula is C18H15Cl2NO3. The molecule has 0 aliphatic heterocycles. The van der Waals surface area contributed by atoms with Crippen molar-refractivity contribution in [3.8, 4) is 5.75 Å². The number of aliphatic hydroxyl groups is 1. The number of hydrogen-bond donors (Lipinski definition) is 1. The van der Waals surface area contributed by atoms with E-state index in [9.17, 15) is 9.90 Å². The first-order valence-electron chi connectivity index (χ1n) is 7.37. The van der Waals surface area contributed by atoms with Crippen molar-refractivity contribution in [1.29, 1.82) is 0 Å². The fourth-order valence-corrected chi connectivity index (χ4v) is 3.02. The van der Waals surface area contributed by atoms with E-state index in [0.717, 1.165) is 10.9 Å². The highest BCUT2D eigenvalue weighted by Crippen LogP contribution is 2.29. The molecule has 6 heteroatoms. The zero-order chi connectivity index (χ0) is 17.3. The first-order valence-corrected chi connectivity index (χ1v) is 8.12. The van der Waals surface area contributed by atoms with Crippen LogP contribution in [0.15, 0.2) is 48.7 Å². The van der Waals surface area contributed by atoms with Gasteiger partial charge in [-0.3, -0.25) is 9.36 Å². The van der Waals surface area contributed by atoms with E-state index in [2.05, 4.69) is 0 Å². The lowest BCUT2D eigenvalue weighted by atomic mass is 10.2. The fraction of sp³-hybridized carbons (Fsp3) is 0.167. The molecule has 4 nitrogen and oxygen atoms in total. The van der Waals surface area contributed by atoms with Crippen LogP contribution in [0.5, 0.6) is 5.75 Å². The molecule has 3 rings (SSSR count). The van der Waals surface area contributed by atoms with E-state index in [1.54, 1.807) is 31.3 Å². The minimum Gasteiger partial charge on any atom is -0.479 e. The second-order valence-corrected chi connectivity index (χ2v) is 6.22. The third-order valence-electron chi connectivity index (χ3n) is 3.75. The van der Waals surface area contributed by atoms with E-state index >= 15 is 0 Å². The van der Waals surface area contributed by atoms with Crippen molar-refractivity contribution in [2.45, 2.75) is 19.6 Å². The van der Waals surface area contributed by atoms with Gasteiger partial charge in [-0.05, 0) is 31.2 Å². The Morgan fingerprint density at radius 3 is 2.71 bits per heavy atom. The number of hydrogen-bond acceptors (Lipinski definition) is 3. The van der Waals surface area contributed by atoms with Gasteiger partial charge in [-0.25, -0.2) is 0 Å². The molecule has 1 aromatic heterocycles. The monoisotopic (exact) mass is 363 g/mol. The first kappa shape index (κ1) is 16.8. The minimum atomic E-state index is -0.758. The Labute approximate surface area is 149 Å². The normalized spacial score (nSPS) is 12.3. The van der Waals surface area contributed by atoms with Crippen LogP contribution in [0.3, 0.4) is 0 Å². The second-order valence-electron chi connectivity index (χ2n) is 5.37. The maximum absolute atomic E-state index is 12.8. The summed E-state index contributed by atoms with van der Waals surface area (Å²) in [7, 11) is 0. The van der Waals surface area contributed by atoms with Crippen LogP contribution in [0.25, 0.3) is 10.9 Å². The predicted octanol–water partition coefficient (Wildman–Crippen LogP) is 4.55. The number of aromatic nitrogens is 1. The molecular weight excluding hydrogens is 349 g/mol. The Morgan fingerprint density at radius 1 is 1.25 bits per heavy atom. The van der Waals surface area contributed by atoms with Crippen LogP contribution in [0.2, 0.25) is 10.0 Å². The lowest BCUT2D eigenvalue weighted by Crippen LogP contribution is -2.28. The molecule has 0 aliphatic rings. The number of aliphatic hydroxyl groups excluding tert-OH is 1. The maximum Gasteiger partial charge on any atom is 0.271 e. The maximum atomic E-state index is 12.8. The summed E-state index contributed by atoms with van der Waals surface area (Å²) in [5.74, 6) is 0.137. The standard InChI is InChI=1S/C18H15Cl2NO3/c1-11(24-17-7-6-13(19)8-15(17)20)18(23)21-9-12(10-22)14-4-2-3-5-16(14)21/h2-9,11,22H,10H2,1H3/t11-/m1/s1. The Hall–Kier alpha value is -2.01. The lowest BCUT2D eigenvalue weighted by Gasteiger charge is -2.15. The fourth-order valence-electron chi connectivity index (χ4n) is 2.57. The van der Waals surface area contributed by atoms with E-state index in [1.165, 1.54) is 4.57 Å². The van der Waals surface area contributed by atoms with Crippen LogP contribution >= 0.6 is 23.2 Å². The van der Waals surface area contributed by atoms with E-state index in [-0.39, 0.29) is 12.5 Å². The number of para-hydroxylation sites is 1. The van der Waals surface area contributed by atoms with Gasteiger partial charge >= 0.3 is 0 Å². The zero-order valence-corrected chi connectivity index (χ0v) is 14.4. The van der Waals surface area contributed by atoms with Gasteiger partial charge in [0.1, 0.15) is 5.75 Å². The number of nitrogens with zero attached hydrogens (tertiary/aromatic N) is 1. The first-order chi connectivity index (χ1) is 11.5. The molecule has 0 saturated heterocycles. The van der Waals surface area contributed by atoms with Gasteiger partial charge in [-0.15, -0.1) is 0 Å². The molecule has 0 unspecified atom stereocenters. The van der Waals surface area contributed by atoms with E-state index in [4.69, 9.17) is 27.9 Å². The molecule has 0 amide bonds. The van der Waals surface area contributed by atoms with E-state index in [1.807, 2.05) is 24.3 Å². The quantitative estimate of drug-likeness (QED) is 0.739. The third kappa shape index (κ3) is 3.13. The SMILES string of the molecule is C[C@@H](Oc1ccc(Cl)cc1Cl)C(=O)n1cc(CO)c2ccccc21. The zero-order valence-electron chi connectivity index (χ0n) is 12.9. The topological polar surface area (TPSA) is 51.5 Å². The molecule has 1 N–H and O–H groups in total. The lowest BCUT2D eigenvalue weighted by molar-refractivity contribution is 0.0733. The molecule has 0 spiro atoms. The molecule has 0 aliphatic carbocycles. The van der Waals surface area contributed by atoms with Crippen LogP contribution < -0.4 is 4.74 Å². The molecule has 0 saturated carbocycles. The summed E-state index contributed by atoms with van der Waals surface area (Å²) < 4.78 is 7.18. The van der Waals surface area contributed by atoms with Gasteiger partial charge in [-0.2, -0.15) is 0 Å². The molecule has 24 heavy (non-hydrogen) atoms. The average molecular weight is 364 g/mol. The number of fused-ring (bicyclic) bond motifs is 1. The molecule has 3 aromatic rings. The van der Waals surface area contributed by atoms with Crippen molar-refractivity contribution in [2.24, 2.45) is 0 Å². The molecule has 2 aromatic carbocycles. The summed E-state index contributed by atoms with van der Waals surface area (Å²) in [5.41, 5.74) is 1.42. The van der Waals surface area contributed by atoms with Gasteiger partial charge in [0.2, 0.25) is 0 Å². The predicted molar refractivity (Wildman–Crippen MR) is 95.0 cm³/mol. The van der Waals surface area contributed by atoms with Crippen LogP contribution in [0, 0.1) is 0 Å². The number of rotatable bonds is 4. The van der Waals surface area contributed by atoms with Gasteiger partial charge in [-0.1, -0.05) is 41.4 Å². The number of benzene rings is 2. The summed E-state index contributed by atoms with van der Waals surface area (Å²) in [5, 5.41) is 11.2. The Bertz CT molecular complexity index is 904. The molecule has 0 radical (unpaired) electrons. The van der Waals surface area contributed by atoms with Gasteiger partial charge < -0.3 is 9.84 Å². The third-order valence-corrected chi connectivity index (χ3v) is 4.28. The Morgan fingerprint density at radius 2 is 2.00 bits per heavy atom. The van der Waals surface area contributed by atoms with Gasteiger partial charge in [0.05, 0.1) is 17.1 Å². The smallest absolute Gasteiger partial charge is 0.271 e. The Kier molecular flexibility index (Phi) is 4.81. The van der Waals surface area contributed by atoms with Crippen molar-refractivity contribution in [3.63, 3.8) is 0 Å². The summed E-state index contributed by atoms with van der Waals surface area (Å²) in [4.78, 5) is 12.8. The summed E-state index contributed by atoms with van der Waals surface area (Å²) in [6.45, 7) is 1.51. The highest BCUT2D eigenvalue weighted by molar-refractivity contribution is 6.35. The minimum absolute atomic E-state index is 0.140. The Balaban J connectivity index is 1.91. The van der Waals surface area contributed by atoms with Gasteiger partial charge in [0.25, 0.3) is 5.91 Å². The highest BCUT2D eigenvalue weighted by Gasteiger charge is 2.21. The molecule has 124 valence electrons. The van der Waals surface area contributed by atoms with E-state index < -0.39 is 6.10 Å². The van der Waals surface area contributed by atoms with Crippen LogP contribution in [0.1, 0.15) is 17.3 Å². The largest absolute Gasteiger partial charge is 0.479 e. The van der Waals surface area contributed by atoms with Crippen LogP contribution in [-0.2, 0) is 6.61 Å². The van der Waals surface area contributed by atoms with Crippen LogP contribution in [-0.4, -0.2) is 21.7 Å². The molecule has 1 atom stereocenters. The molecule has 0 bridgehead atoms. The summed E-state index contributed by atoms with van der Waals surface area (Å²) >= 11 is 11.9. The van der Waals surface area contributed by atoms with Crippen LogP contribution in [0.4, 0.5) is 0 Å². The number of halogens is 2. The summed E-state index contributed by atoms with van der Waals surface area (Å²) in [6, 6.07) is 12.2. The summed E-state index contributed by atoms with van der Waals surface area (Å²) in [6.07, 6.45) is 0.877. The van der Waals surface area contributed by atoms with Crippen molar-refractivity contribution in [3.05, 3.63) is 64.3 Å². The number of carbonyl (C=O) groups is 1. The van der Waals surface area contributed by atoms with Gasteiger partial charge in [0, 0.05) is 22.2 Å². The highest BCUT2D eigenvalue weighted by atomic mass is 35.5. The van der Waals surface area contributed by atoms with Gasteiger partial charge in [0.15, 0.2) is 6.10 Å². The number of ether oxygens (including phenoxy) is 1. The second kappa shape index (κ2) is 6.85. The van der Waals surface area contributed by atoms with Crippen molar-refractivity contribution >= 4 is 40.0 Å². The molecule has 0 fully saturated rings. The van der Waals surface area contributed by atoms with E-state index in [0.29, 0.717) is 21.4 Å². The van der Waals surface area contributed by atoms with Crippen molar-refractivity contribution < 1.29 is 14.6 Å². The average Bonchev–Trinajstić information content (AvgIpc) is 2.95.